The highest BCUT2D eigenvalue weighted by molar-refractivity contribution is 6.43. The molecule has 0 aliphatic rings. The monoisotopic (exact) mass is 373 g/mol. The summed E-state index contributed by atoms with van der Waals surface area (Å²) in [5, 5.41) is 2.12. The van der Waals surface area contributed by atoms with Crippen LogP contribution in [0.3, 0.4) is 0 Å². The third-order valence-electron chi connectivity index (χ3n) is 4.12. The molecule has 28 heavy (non-hydrogen) atoms. The normalized spacial score (nSPS) is 10.1. The maximum absolute atomic E-state index is 12.8. The summed E-state index contributed by atoms with van der Waals surface area (Å²) in [6.45, 7) is 0.193. The van der Waals surface area contributed by atoms with E-state index in [4.69, 9.17) is 5.73 Å². The number of imide groups is 1. The van der Waals surface area contributed by atoms with Crippen LogP contribution in [0.2, 0.25) is 0 Å². The third-order valence-corrected chi connectivity index (χ3v) is 4.12. The Morgan fingerprint density at radius 1 is 0.786 bits per heavy atom. The van der Waals surface area contributed by atoms with Gasteiger partial charge in [-0.05, 0) is 29.8 Å². The average Bonchev–Trinajstić information content (AvgIpc) is 2.73. The Bertz CT molecular complexity index is 988. The van der Waals surface area contributed by atoms with E-state index in [-0.39, 0.29) is 17.8 Å². The summed E-state index contributed by atoms with van der Waals surface area (Å²) in [5.74, 6) is -2.57. The highest BCUT2D eigenvalue weighted by atomic mass is 16.2. The molecule has 3 N–H and O–H groups in total. The molecular weight excluding hydrogens is 354 g/mol. The summed E-state index contributed by atoms with van der Waals surface area (Å²) in [7, 11) is 0. The molecule has 0 saturated heterocycles. The number of nitrogens with zero attached hydrogens (tertiary/aromatic N) is 1. The molecule has 0 aliphatic heterocycles. The van der Waals surface area contributed by atoms with Gasteiger partial charge >= 0.3 is 11.8 Å². The Kier molecular flexibility index (Phi) is 5.81. The van der Waals surface area contributed by atoms with E-state index in [0.29, 0.717) is 5.69 Å². The third kappa shape index (κ3) is 4.42. The van der Waals surface area contributed by atoms with Crippen molar-refractivity contribution in [2.75, 3.05) is 10.6 Å². The van der Waals surface area contributed by atoms with E-state index in [2.05, 4.69) is 5.32 Å². The van der Waals surface area contributed by atoms with Gasteiger partial charge in [0.15, 0.2) is 0 Å². The van der Waals surface area contributed by atoms with Crippen LogP contribution in [0.4, 0.5) is 11.4 Å². The Labute approximate surface area is 162 Å². The second-order valence-electron chi connectivity index (χ2n) is 6.08. The van der Waals surface area contributed by atoms with Gasteiger partial charge in [-0.3, -0.25) is 24.6 Å². The first-order valence-corrected chi connectivity index (χ1v) is 8.67. The summed E-state index contributed by atoms with van der Waals surface area (Å²) < 4.78 is 0. The fourth-order valence-electron chi connectivity index (χ4n) is 2.70. The van der Waals surface area contributed by atoms with Crippen molar-refractivity contribution < 1.29 is 14.4 Å². The van der Waals surface area contributed by atoms with Gasteiger partial charge in [0.25, 0.3) is 5.91 Å². The standard InChI is InChI=1S/C22H19N3O3/c23-19-14-8-7-13-18(19)20(26)24-21(27)22(28)25(17-11-5-2-6-12-17)15-16-9-3-1-4-10-16/h1-14H,15,23H2,(H,24,26,27). The van der Waals surface area contributed by atoms with Gasteiger partial charge in [-0.15, -0.1) is 0 Å². The average molecular weight is 373 g/mol. The van der Waals surface area contributed by atoms with Crippen molar-refractivity contribution in [1.29, 1.82) is 0 Å². The molecule has 0 atom stereocenters. The first-order chi connectivity index (χ1) is 13.6. The number of rotatable bonds is 4. The molecular formula is C22H19N3O3. The number of carbonyl (C=O) groups is 3. The van der Waals surface area contributed by atoms with Crippen LogP contribution in [0.15, 0.2) is 84.9 Å². The molecule has 3 rings (SSSR count). The van der Waals surface area contributed by atoms with Crippen molar-refractivity contribution in [3.05, 3.63) is 96.1 Å². The van der Waals surface area contributed by atoms with Crippen LogP contribution in [-0.4, -0.2) is 17.7 Å². The number of amides is 3. The molecule has 3 aromatic carbocycles. The molecule has 0 radical (unpaired) electrons. The number of nitrogens with one attached hydrogen (secondary N) is 1. The van der Waals surface area contributed by atoms with Crippen LogP contribution in [0.1, 0.15) is 15.9 Å². The highest BCUT2D eigenvalue weighted by Gasteiger charge is 2.26. The van der Waals surface area contributed by atoms with Gasteiger partial charge in [0.1, 0.15) is 0 Å². The van der Waals surface area contributed by atoms with Crippen molar-refractivity contribution in [3.8, 4) is 0 Å². The number of benzene rings is 3. The van der Waals surface area contributed by atoms with Crippen LogP contribution in [0.5, 0.6) is 0 Å². The first kappa shape index (κ1) is 18.8. The molecule has 6 heteroatoms. The molecule has 3 amide bonds. The van der Waals surface area contributed by atoms with Crippen LogP contribution in [-0.2, 0) is 16.1 Å². The number of para-hydroxylation sites is 2. The number of anilines is 2. The van der Waals surface area contributed by atoms with E-state index in [1.807, 2.05) is 36.4 Å². The van der Waals surface area contributed by atoms with E-state index >= 15 is 0 Å². The number of carbonyl (C=O) groups excluding carboxylic acids is 3. The zero-order valence-corrected chi connectivity index (χ0v) is 15.0. The Morgan fingerprint density at radius 3 is 2.00 bits per heavy atom. The molecule has 0 fully saturated rings. The van der Waals surface area contributed by atoms with Crippen molar-refractivity contribution >= 4 is 29.1 Å². The topological polar surface area (TPSA) is 92.5 Å². The largest absolute Gasteiger partial charge is 0.398 e. The fraction of sp³-hybridized carbons (Fsp3) is 0.0455. The van der Waals surface area contributed by atoms with E-state index in [1.54, 1.807) is 42.5 Å². The van der Waals surface area contributed by atoms with Gasteiger partial charge < -0.3 is 5.73 Å². The SMILES string of the molecule is Nc1ccccc1C(=O)NC(=O)C(=O)N(Cc1ccccc1)c1ccccc1. The second kappa shape index (κ2) is 8.64. The lowest BCUT2D eigenvalue weighted by atomic mass is 10.1. The van der Waals surface area contributed by atoms with Crippen LogP contribution in [0, 0.1) is 0 Å². The summed E-state index contributed by atoms with van der Waals surface area (Å²) in [5.41, 5.74) is 7.53. The van der Waals surface area contributed by atoms with E-state index in [0.717, 1.165) is 5.56 Å². The Morgan fingerprint density at radius 2 is 1.36 bits per heavy atom. The summed E-state index contributed by atoms with van der Waals surface area (Å²) in [6.07, 6.45) is 0. The van der Waals surface area contributed by atoms with E-state index in [1.165, 1.54) is 11.0 Å². The van der Waals surface area contributed by atoms with E-state index < -0.39 is 17.7 Å². The molecule has 0 aromatic heterocycles. The van der Waals surface area contributed by atoms with Crippen molar-refractivity contribution in [2.45, 2.75) is 6.54 Å². The summed E-state index contributed by atoms with van der Waals surface area (Å²) >= 11 is 0. The molecule has 0 bridgehead atoms. The molecule has 0 spiro atoms. The van der Waals surface area contributed by atoms with Gasteiger partial charge in [-0.2, -0.15) is 0 Å². The van der Waals surface area contributed by atoms with E-state index in [9.17, 15) is 14.4 Å². The zero-order chi connectivity index (χ0) is 19.9. The molecule has 0 unspecified atom stereocenters. The van der Waals surface area contributed by atoms with Crippen molar-refractivity contribution in [1.82, 2.24) is 5.32 Å². The minimum absolute atomic E-state index is 0.137. The molecule has 0 aliphatic carbocycles. The maximum Gasteiger partial charge on any atom is 0.317 e. The molecule has 140 valence electrons. The number of nitrogen functional groups attached to an aromatic ring is 1. The fourth-order valence-corrected chi connectivity index (χ4v) is 2.70. The molecule has 0 saturated carbocycles. The number of hydrogen-bond donors (Lipinski definition) is 2. The molecule has 3 aromatic rings. The van der Waals surface area contributed by atoms with Crippen molar-refractivity contribution in [3.63, 3.8) is 0 Å². The van der Waals surface area contributed by atoms with Crippen LogP contribution in [0.25, 0.3) is 0 Å². The van der Waals surface area contributed by atoms with Crippen molar-refractivity contribution in [2.24, 2.45) is 0 Å². The smallest absolute Gasteiger partial charge is 0.317 e. The van der Waals surface area contributed by atoms with Crippen LogP contribution < -0.4 is 16.0 Å². The van der Waals surface area contributed by atoms with Gasteiger partial charge in [-0.1, -0.05) is 60.7 Å². The number of nitrogens with two attached hydrogens (primary N) is 1. The predicted octanol–water partition coefficient (Wildman–Crippen LogP) is 2.76. The minimum atomic E-state index is -1.02. The van der Waals surface area contributed by atoms with Gasteiger partial charge in [-0.25, -0.2) is 0 Å². The zero-order valence-electron chi connectivity index (χ0n) is 15.0. The van der Waals surface area contributed by atoms with Gasteiger partial charge in [0.05, 0.1) is 12.1 Å². The van der Waals surface area contributed by atoms with Gasteiger partial charge in [0, 0.05) is 11.4 Å². The predicted molar refractivity (Wildman–Crippen MR) is 107 cm³/mol. The summed E-state index contributed by atoms with van der Waals surface area (Å²) in [6, 6.07) is 24.4. The first-order valence-electron chi connectivity index (χ1n) is 8.67. The Hall–Kier alpha value is -3.93. The lowest BCUT2D eigenvalue weighted by Gasteiger charge is -2.22. The molecule has 0 heterocycles. The number of hydrogen-bond acceptors (Lipinski definition) is 4. The molecule has 6 nitrogen and oxygen atoms in total. The van der Waals surface area contributed by atoms with Crippen LogP contribution >= 0.6 is 0 Å². The quantitative estimate of drug-likeness (QED) is 0.543. The highest BCUT2D eigenvalue weighted by Crippen LogP contribution is 2.17. The minimum Gasteiger partial charge on any atom is -0.398 e. The Balaban J connectivity index is 1.81. The van der Waals surface area contributed by atoms with Gasteiger partial charge in [0.2, 0.25) is 0 Å². The maximum atomic E-state index is 12.8. The lowest BCUT2D eigenvalue weighted by Crippen LogP contribution is -2.45. The lowest BCUT2D eigenvalue weighted by molar-refractivity contribution is -0.137. The second-order valence-corrected chi connectivity index (χ2v) is 6.08. The summed E-state index contributed by atoms with van der Waals surface area (Å²) in [4.78, 5) is 39.0.